The van der Waals surface area contributed by atoms with E-state index in [9.17, 15) is 24.4 Å². The van der Waals surface area contributed by atoms with Crippen molar-refractivity contribution in [3.05, 3.63) is 18.5 Å². The SMILES string of the molecule is O=CN(O)C[C@@H](CC1CCCC1)C(=O)N1CCC[C@H]1C(=O)NC(=O)NCCn1cccn1. The first-order chi connectivity index (χ1) is 15.5. The van der Waals surface area contributed by atoms with Crippen LogP contribution in [-0.4, -0.2) is 74.9 Å². The maximum absolute atomic E-state index is 13.3. The molecule has 1 saturated heterocycles. The fraction of sp³-hybridized carbons (Fsp3) is 0.667. The normalized spacial score (nSPS) is 19.5. The number of nitrogens with one attached hydrogen (secondary N) is 2. The van der Waals surface area contributed by atoms with Crippen molar-refractivity contribution in [2.24, 2.45) is 11.8 Å². The van der Waals surface area contributed by atoms with Crippen LogP contribution in [0.5, 0.6) is 0 Å². The van der Waals surface area contributed by atoms with E-state index in [2.05, 4.69) is 15.7 Å². The maximum atomic E-state index is 13.3. The van der Waals surface area contributed by atoms with Gasteiger partial charge in [0.25, 0.3) is 5.91 Å². The monoisotopic (exact) mass is 448 g/mol. The van der Waals surface area contributed by atoms with E-state index in [0.29, 0.717) is 49.9 Å². The van der Waals surface area contributed by atoms with E-state index in [1.54, 1.807) is 23.1 Å². The lowest BCUT2D eigenvalue weighted by molar-refractivity contribution is -0.158. The molecule has 0 radical (unpaired) electrons. The lowest BCUT2D eigenvalue weighted by atomic mass is 9.91. The second-order valence-electron chi connectivity index (χ2n) is 8.51. The Morgan fingerprint density at radius 2 is 2.00 bits per heavy atom. The molecule has 3 N–H and O–H groups in total. The first-order valence-electron chi connectivity index (χ1n) is 11.3. The number of nitrogens with zero attached hydrogens (tertiary/aromatic N) is 4. The molecule has 5 amide bonds. The number of imide groups is 1. The highest BCUT2D eigenvalue weighted by atomic mass is 16.5. The van der Waals surface area contributed by atoms with Crippen molar-refractivity contribution in [2.45, 2.75) is 57.5 Å². The summed E-state index contributed by atoms with van der Waals surface area (Å²) in [5, 5.41) is 19.2. The molecule has 0 unspecified atom stereocenters. The Hall–Kier alpha value is -2.95. The van der Waals surface area contributed by atoms with Crippen LogP contribution in [0.1, 0.15) is 44.9 Å². The van der Waals surface area contributed by atoms with Crippen LogP contribution in [0.2, 0.25) is 0 Å². The number of hydroxylamine groups is 2. The third-order valence-electron chi connectivity index (χ3n) is 6.23. The van der Waals surface area contributed by atoms with Crippen molar-refractivity contribution in [1.82, 2.24) is 30.4 Å². The van der Waals surface area contributed by atoms with Crippen molar-refractivity contribution >= 4 is 24.3 Å². The highest BCUT2D eigenvalue weighted by molar-refractivity contribution is 5.99. The number of urea groups is 1. The van der Waals surface area contributed by atoms with Crippen LogP contribution in [0.4, 0.5) is 4.79 Å². The summed E-state index contributed by atoms with van der Waals surface area (Å²) < 4.78 is 1.66. The van der Waals surface area contributed by atoms with Crippen LogP contribution in [0.3, 0.4) is 0 Å². The Morgan fingerprint density at radius 3 is 2.69 bits per heavy atom. The van der Waals surface area contributed by atoms with Gasteiger partial charge in [0.05, 0.1) is 19.0 Å². The topological polar surface area (TPSA) is 137 Å². The summed E-state index contributed by atoms with van der Waals surface area (Å²) in [5.41, 5.74) is 0. The molecule has 0 spiro atoms. The Bertz CT molecular complexity index is 780. The lowest BCUT2D eigenvalue weighted by Gasteiger charge is -2.30. The first kappa shape index (κ1) is 23.7. The van der Waals surface area contributed by atoms with Gasteiger partial charge in [-0.1, -0.05) is 25.7 Å². The molecule has 2 atom stereocenters. The summed E-state index contributed by atoms with van der Waals surface area (Å²) >= 11 is 0. The zero-order chi connectivity index (χ0) is 22.9. The van der Waals surface area contributed by atoms with Crippen molar-refractivity contribution in [3.63, 3.8) is 0 Å². The van der Waals surface area contributed by atoms with Gasteiger partial charge in [-0.15, -0.1) is 0 Å². The molecule has 1 aliphatic carbocycles. The number of amides is 5. The molecule has 2 heterocycles. The zero-order valence-corrected chi connectivity index (χ0v) is 18.2. The van der Waals surface area contributed by atoms with Crippen LogP contribution in [0, 0.1) is 11.8 Å². The molecule has 2 fully saturated rings. The summed E-state index contributed by atoms with van der Waals surface area (Å²) in [6.07, 6.45) is 9.67. The molecule has 32 heavy (non-hydrogen) atoms. The van der Waals surface area contributed by atoms with Crippen LogP contribution in [0.25, 0.3) is 0 Å². The predicted octanol–water partition coefficient (Wildman–Crippen LogP) is 0.744. The molecule has 1 aliphatic heterocycles. The van der Waals surface area contributed by atoms with Crippen molar-refractivity contribution < 1.29 is 24.4 Å². The Labute approximate surface area is 187 Å². The second kappa shape index (κ2) is 11.6. The molecule has 0 aromatic carbocycles. The van der Waals surface area contributed by atoms with Crippen molar-refractivity contribution in [3.8, 4) is 0 Å². The van der Waals surface area contributed by atoms with E-state index in [-0.39, 0.29) is 18.9 Å². The number of hydrogen-bond donors (Lipinski definition) is 3. The summed E-state index contributed by atoms with van der Waals surface area (Å²) in [7, 11) is 0. The van der Waals surface area contributed by atoms with E-state index in [4.69, 9.17) is 0 Å². The molecule has 2 aliphatic rings. The van der Waals surface area contributed by atoms with Crippen molar-refractivity contribution in [2.75, 3.05) is 19.6 Å². The van der Waals surface area contributed by atoms with E-state index >= 15 is 0 Å². The summed E-state index contributed by atoms with van der Waals surface area (Å²) in [4.78, 5) is 50.5. The quantitative estimate of drug-likeness (QED) is 0.274. The van der Waals surface area contributed by atoms with Gasteiger partial charge in [-0.25, -0.2) is 9.86 Å². The number of aromatic nitrogens is 2. The fourth-order valence-corrected chi connectivity index (χ4v) is 4.66. The molecule has 1 aromatic heterocycles. The number of carbonyl (C=O) groups excluding carboxylic acids is 4. The minimum absolute atomic E-state index is 0.0996. The zero-order valence-electron chi connectivity index (χ0n) is 18.2. The number of carbonyl (C=O) groups is 4. The number of likely N-dealkylation sites (tertiary alicyclic amines) is 1. The van der Waals surface area contributed by atoms with Gasteiger partial charge in [-0.2, -0.15) is 5.10 Å². The highest BCUT2D eigenvalue weighted by Crippen LogP contribution is 2.32. The second-order valence-corrected chi connectivity index (χ2v) is 8.51. The van der Waals surface area contributed by atoms with Gasteiger partial charge in [0, 0.05) is 25.5 Å². The van der Waals surface area contributed by atoms with E-state index < -0.39 is 23.9 Å². The Morgan fingerprint density at radius 1 is 1.22 bits per heavy atom. The van der Waals surface area contributed by atoms with Gasteiger partial charge < -0.3 is 10.2 Å². The highest BCUT2D eigenvalue weighted by Gasteiger charge is 2.39. The Kier molecular flexibility index (Phi) is 8.60. The minimum atomic E-state index is -0.742. The molecule has 176 valence electrons. The first-order valence-corrected chi connectivity index (χ1v) is 11.3. The average molecular weight is 449 g/mol. The van der Waals surface area contributed by atoms with Gasteiger partial charge in [-0.05, 0) is 31.2 Å². The lowest BCUT2D eigenvalue weighted by Crippen LogP contribution is -2.52. The van der Waals surface area contributed by atoms with Gasteiger partial charge in [0.1, 0.15) is 6.04 Å². The molecule has 11 nitrogen and oxygen atoms in total. The van der Waals surface area contributed by atoms with Crippen molar-refractivity contribution in [1.29, 1.82) is 0 Å². The number of rotatable bonds is 10. The molecule has 1 aromatic rings. The fourth-order valence-electron chi connectivity index (χ4n) is 4.66. The van der Waals surface area contributed by atoms with E-state index in [1.165, 1.54) is 4.90 Å². The van der Waals surface area contributed by atoms with Crippen LogP contribution in [-0.2, 0) is 20.9 Å². The standard InChI is InChI=1S/C21H32N6O5/c28-15-26(32)14-17(13-16-5-1-2-6-16)20(30)27-11-3-7-18(27)19(29)24-21(31)22-9-12-25-10-4-8-23-25/h4,8,10,15-18,32H,1-3,5-7,9,11-14H2,(H2,22,24,29,31)/t17-,18+/m1/s1. The molecule has 3 rings (SSSR count). The molecule has 11 heteroatoms. The molecule has 1 saturated carbocycles. The Balaban J connectivity index is 1.54. The molecular formula is C21H32N6O5. The molecule has 0 bridgehead atoms. The average Bonchev–Trinajstić information content (AvgIpc) is 3.55. The largest absolute Gasteiger partial charge is 0.336 e. The van der Waals surface area contributed by atoms with E-state index in [1.807, 2.05) is 0 Å². The third-order valence-corrected chi connectivity index (χ3v) is 6.23. The van der Waals surface area contributed by atoms with Crippen LogP contribution < -0.4 is 10.6 Å². The summed E-state index contributed by atoms with van der Waals surface area (Å²) in [5.74, 6) is -0.984. The van der Waals surface area contributed by atoms with E-state index in [0.717, 1.165) is 25.7 Å². The maximum Gasteiger partial charge on any atom is 0.321 e. The van der Waals surface area contributed by atoms with Gasteiger partial charge >= 0.3 is 6.03 Å². The number of hydrogen-bond acceptors (Lipinski definition) is 6. The third kappa shape index (κ3) is 6.52. The minimum Gasteiger partial charge on any atom is -0.336 e. The van der Waals surface area contributed by atoms with Crippen LogP contribution >= 0.6 is 0 Å². The summed E-state index contributed by atoms with van der Waals surface area (Å²) in [6.45, 7) is 1.08. The molecular weight excluding hydrogens is 416 g/mol. The summed E-state index contributed by atoms with van der Waals surface area (Å²) in [6, 6.07) is 0.417. The predicted molar refractivity (Wildman–Crippen MR) is 113 cm³/mol. The van der Waals surface area contributed by atoms with Gasteiger partial charge in [0.15, 0.2) is 0 Å². The van der Waals surface area contributed by atoms with Gasteiger partial charge in [0.2, 0.25) is 12.3 Å². The van der Waals surface area contributed by atoms with Gasteiger partial charge in [-0.3, -0.25) is 29.6 Å². The smallest absolute Gasteiger partial charge is 0.321 e. The van der Waals surface area contributed by atoms with Crippen LogP contribution in [0.15, 0.2) is 18.5 Å².